The standard InChI is InChI=1S/C22H28N2O2/c1-20-10-21(2,18(25)23-13-20)12-22(3,11-20)19-24-16-8-14-6-4-5-7-15(14)9-17(16)26-19/h8-9H,4-7,10-13H2,1-3H3,(H,23,25)/t20-,21+,22?/m0/s1. The molecule has 2 bridgehead atoms. The molecular formula is C22H28N2O2. The zero-order valence-corrected chi connectivity index (χ0v) is 16.1. The quantitative estimate of drug-likeness (QED) is 0.833. The minimum absolute atomic E-state index is 0.107. The molecule has 1 aliphatic heterocycles. The monoisotopic (exact) mass is 352 g/mol. The first-order valence-corrected chi connectivity index (χ1v) is 10.00. The van der Waals surface area contributed by atoms with E-state index in [1.54, 1.807) is 0 Å². The minimum Gasteiger partial charge on any atom is -0.440 e. The molecule has 5 rings (SSSR count). The summed E-state index contributed by atoms with van der Waals surface area (Å²) in [7, 11) is 0. The Labute approximate surface area is 154 Å². The van der Waals surface area contributed by atoms with E-state index < -0.39 is 0 Å². The van der Waals surface area contributed by atoms with Crippen molar-refractivity contribution >= 4 is 17.0 Å². The number of amides is 1. The van der Waals surface area contributed by atoms with Crippen molar-refractivity contribution in [3.05, 3.63) is 29.2 Å². The van der Waals surface area contributed by atoms with Gasteiger partial charge in [-0.2, -0.15) is 0 Å². The van der Waals surface area contributed by atoms with E-state index in [-0.39, 0.29) is 22.2 Å². The number of hydrogen-bond acceptors (Lipinski definition) is 3. The van der Waals surface area contributed by atoms with Crippen molar-refractivity contribution in [2.24, 2.45) is 10.8 Å². The normalized spacial score (nSPS) is 36.7. The van der Waals surface area contributed by atoms with Crippen molar-refractivity contribution in [2.45, 2.75) is 71.1 Å². The van der Waals surface area contributed by atoms with E-state index in [2.05, 4.69) is 38.2 Å². The lowest BCUT2D eigenvalue weighted by atomic mass is 9.52. The summed E-state index contributed by atoms with van der Waals surface area (Å²) in [5.74, 6) is 1.01. The number of benzene rings is 1. The molecule has 4 nitrogen and oxygen atoms in total. The number of aromatic nitrogens is 1. The number of oxazole rings is 1. The van der Waals surface area contributed by atoms with E-state index in [1.165, 1.54) is 24.0 Å². The van der Waals surface area contributed by atoms with E-state index in [4.69, 9.17) is 9.40 Å². The smallest absolute Gasteiger partial charge is 0.226 e. The molecule has 1 aromatic heterocycles. The van der Waals surface area contributed by atoms with Gasteiger partial charge in [-0.3, -0.25) is 4.79 Å². The van der Waals surface area contributed by atoms with Gasteiger partial charge in [0.1, 0.15) is 5.52 Å². The number of aryl methyl sites for hydroxylation is 2. The zero-order chi connectivity index (χ0) is 18.2. The largest absolute Gasteiger partial charge is 0.440 e. The fourth-order valence-electron chi connectivity index (χ4n) is 6.29. The maximum atomic E-state index is 12.6. The van der Waals surface area contributed by atoms with Crippen LogP contribution in [0, 0.1) is 10.8 Å². The van der Waals surface area contributed by atoms with Crippen LogP contribution in [-0.2, 0) is 23.1 Å². The summed E-state index contributed by atoms with van der Waals surface area (Å²) in [5, 5.41) is 3.13. The average Bonchev–Trinajstić information content (AvgIpc) is 2.99. The van der Waals surface area contributed by atoms with Crippen molar-refractivity contribution in [3.8, 4) is 0 Å². The average molecular weight is 352 g/mol. The highest BCUT2D eigenvalue weighted by Gasteiger charge is 2.57. The van der Waals surface area contributed by atoms with Crippen molar-refractivity contribution in [1.29, 1.82) is 0 Å². The van der Waals surface area contributed by atoms with E-state index in [9.17, 15) is 4.79 Å². The number of nitrogens with one attached hydrogen (secondary N) is 1. The highest BCUT2D eigenvalue weighted by molar-refractivity contribution is 5.84. The van der Waals surface area contributed by atoms with Crippen molar-refractivity contribution in [1.82, 2.24) is 10.3 Å². The second-order valence-electron chi connectivity index (χ2n) is 9.96. The molecule has 1 N–H and O–H groups in total. The van der Waals surface area contributed by atoms with Crippen LogP contribution in [0.25, 0.3) is 11.1 Å². The van der Waals surface area contributed by atoms with E-state index in [0.29, 0.717) is 0 Å². The third-order valence-electron chi connectivity index (χ3n) is 7.01. The first-order chi connectivity index (χ1) is 12.3. The third-order valence-corrected chi connectivity index (χ3v) is 7.01. The molecular weight excluding hydrogens is 324 g/mol. The van der Waals surface area contributed by atoms with Gasteiger partial charge in [0.25, 0.3) is 0 Å². The Morgan fingerprint density at radius 1 is 1.00 bits per heavy atom. The first-order valence-electron chi connectivity index (χ1n) is 10.00. The maximum absolute atomic E-state index is 12.6. The van der Waals surface area contributed by atoms with Crippen molar-refractivity contribution in [3.63, 3.8) is 0 Å². The Hall–Kier alpha value is -1.84. The van der Waals surface area contributed by atoms with Gasteiger partial charge in [0.05, 0.1) is 0 Å². The zero-order valence-electron chi connectivity index (χ0n) is 16.1. The second-order valence-corrected chi connectivity index (χ2v) is 9.96. The van der Waals surface area contributed by atoms with Crippen LogP contribution < -0.4 is 5.32 Å². The molecule has 1 saturated carbocycles. The summed E-state index contributed by atoms with van der Waals surface area (Å²) in [6.07, 6.45) is 7.60. The molecule has 1 unspecified atom stereocenters. The fourth-order valence-corrected chi connectivity index (χ4v) is 6.29. The summed E-state index contributed by atoms with van der Waals surface area (Å²) in [6, 6.07) is 4.45. The molecule has 1 amide bonds. The summed E-state index contributed by atoms with van der Waals surface area (Å²) in [4.78, 5) is 17.5. The van der Waals surface area contributed by atoms with E-state index in [1.807, 2.05) is 0 Å². The molecule has 1 saturated heterocycles. The topological polar surface area (TPSA) is 55.1 Å². The number of carbonyl (C=O) groups excluding carboxylic acids is 1. The minimum atomic E-state index is -0.333. The van der Waals surface area contributed by atoms with Gasteiger partial charge in [-0.05, 0) is 73.6 Å². The number of carbonyl (C=O) groups is 1. The predicted molar refractivity (Wildman–Crippen MR) is 101 cm³/mol. The molecule has 2 aromatic rings. The van der Waals surface area contributed by atoms with E-state index >= 15 is 0 Å². The molecule has 3 aliphatic rings. The number of piperidine rings is 1. The number of fused-ring (bicyclic) bond motifs is 4. The lowest BCUT2D eigenvalue weighted by Gasteiger charge is -2.54. The Kier molecular flexibility index (Phi) is 3.21. The molecule has 2 heterocycles. The molecule has 138 valence electrons. The van der Waals surface area contributed by atoms with Crippen LogP contribution >= 0.6 is 0 Å². The third kappa shape index (κ3) is 2.34. The van der Waals surface area contributed by atoms with Gasteiger partial charge >= 0.3 is 0 Å². The van der Waals surface area contributed by atoms with Crippen LogP contribution in [0.5, 0.6) is 0 Å². The molecule has 4 heteroatoms. The van der Waals surface area contributed by atoms with Crippen LogP contribution in [0.2, 0.25) is 0 Å². The Morgan fingerprint density at radius 3 is 2.46 bits per heavy atom. The van der Waals surface area contributed by atoms with Crippen LogP contribution in [0.3, 0.4) is 0 Å². The Bertz CT molecular complexity index is 873. The van der Waals surface area contributed by atoms with Gasteiger partial charge in [0.15, 0.2) is 5.58 Å². The van der Waals surface area contributed by atoms with Gasteiger partial charge in [-0.15, -0.1) is 0 Å². The summed E-state index contributed by atoms with van der Waals surface area (Å²) in [5.41, 5.74) is 4.34. The molecule has 2 fully saturated rings. The van der Waals surface area contributed by atoms with Crippen molar-refractivity contribution in [2.75, 3.05) is 6.54 Å². The maximum Gasteiger partial charge on any atom is 0.226 e. The molecule has 1 aromatic carbocycles. The van der Waals surface area contributed by atoms with Gasteiger partial charge in [-0.1, -0.05) is 20.8 Å². The number of nitrogens with zero attached hydrogens (tertiary/aromatic N) is 1. The van der Waals surface area contributed by atoms with Gasteiger partial charge < -0.3 is 9.73 Å². The second kappa shape index (κ2) is 5.11. The van der Waals surface area contributed by atoms with Crippen LogP contribution in [0.4, 0.5) is 0 Å². The van der Waals surface area contributed by atoms with Gasteiger partial charge in [0, 0.05) is 17.4 Å². The molecule has 0 radical (unpaired) electrons. The molecule has 2 aliphatic carbocycles. The fraction of sp³-hybridized carbons (Fsp3) is 0.636. The van der Waals surface area contributed by atoms with Gasteiger partial charge in [0.2, 0.25) is 11.8 Å². The number of hydrogen-bond donors (Lipinski definition) is 1. The van der Waals surface area contributed by atoms with Crippen LogP contribution in [0.15, 0.2) is 16.5 Å². The molecule has 3 atom stereocenters. The molecule has 26 heavy (non-hydrogen) atoms. The summed E-state index contributed by atoms with van der Waals surface area (Å²) < 4.78 is 6.32. The SMILES string of the molecule is CC1(c2nc3cc4c(cc3o2)CCCC4)C[C@@]2(C)CNC(=O)[C@@](C)(C1)C2. The summed E-state index contributed by atoms with van der Waals surface area (Å²) in [6.45, 7) is 7.40. The van der Waals surface area contributed by atoms with Gasteiger partial charge in [-0.25, -0.2) is 4.98 Å². The molecule has 0 spiro atoms. The van der Waals surface area contributed by atoms with E-state index in [0.717, 1.165) is 55.6 Å². The lowest BCUT2D eigenvalue weighted by Crippen LogP contribution is -2.59. The summed E-state index contributed by atoms with van der Waals surface area (Å²) >= 11 is 0. The number of rotatable bonds is 1. The van der Waals surface area contributed by atoms with Crippen LogP contribution in [0.1, 0.15) is 69.9 Å². The van der Waals surface area contributed by atoms with Crippen molar-refractivity contribution < 1.29 is 9.21 Å². The highest BCUT2D eigenvalue weighted by Crippen LogP contribution is 2.56. The first kappa shape index (κ1) is 16.3. The Balaban J connectivity index is 1.59. The Morgan fingerprint density at radius 2 is 1.69 bits per heavy atom. The predicted octanol–water partition coefficient (Wildman–Crippen LogP) is 4.29. The lowest BCUT2D eigenvalue weighted by molar-refractivity contribution is -0.143. The van der Waals surface area contributed by atoms with Crippen LogP contribution in [-0.4, -0.2) is 17.4 Å². The highest BCUT2D eigenvalue weighted by atomic mass is 16.3.